The van der Waals surface area contributed by atoms with Crippen LogP contribution in [0.5, 0.6) is 0 Å². The number of aryl methyl sites for hydroxylation is 1. The molecule has 0 fully saturated rings. The molecular formula is C21H20ClNO2S. The second-order valence-electron chi connectivity index (χ2n) is 6.56. The van der Waals surface area contributed by atoms with Gasteiger partial charge in [-0.05, 0) is 30.2 Å². The van der Waals surface area contributed by atoms with Gasteiger partial charge in [-0.2, -0.15) is 0 Å². The van der Waals surface area contributed by atoms with Gasteiger partial charge in [-0.1, -0.05) is 67.4 Å². The van der Waals surface area contributed by atoms with E-state index >= 15 is 0 Å². The molecule has 134 valence electrons. The quantitative estimate of drug-likeness (QED) is 0.674. The van der Waals surface area contributed by atoms with Crippen LogP contribution in [0.2, 0.25) is 5.02 Å². The van der Waals surface area contributed by atoms with E-state index in [9.17, 15) is 9.59 Å². The van der Waals surface area contributed by atoms with Gasteiger partial charge in [0.2, 0.25) is 0 Å². The van der Waals surface area contributed by atoms with Crippen molar-refractivity contribution in [1.82, 2.24) is 4.90 Å². The lowest BCUT2D eigenvalue weighted by Crippen LogP contribution is -2.31. The summed E-state index contributed by atoms with van der Waals surface area (Å²) in [6.45, 7) is 6.27. The van der Waals surface area contributed by atoms with Crippen LogP contribution in [0.25, 0.3) is 5.57 Å². The van der Waals surface area contributed by atoms with Gasteiger partial charge in [0.1, 0.15) is 0 Å². The molecule has 2 aromatic rings. The van der Waals surface area contributed by atoms with Crippen molar-refractivity contribution >= 4 is 40.8 Å². The topological polar surface area (TPSA) is 37.4 Å². The summed E-state index contributed by atoms with van der Waals surface area (Å²) >= 11 is 7.37. The standard InChI is InChI=1S/C21H20ClNO2S/c1-13(2)26-19-18(16-8-4-14(3)5-9-16)20(24)23(21(19)25)12-15-6-10-17(22)11-7-15/h4-11,13H,12H2,1-3H3. The molecule has 0 saturated carbocycles. The lowest BCUT2D eigenvalue weighted by Gasteiger charge is -2.15. The van der Waals surface area contributed by atoms with Crippen molar-refractivity contribution in [3.05, 3.63) is 75.1 Å². The zero-order chi connectivity index (χ0) is 18.8. The van der Waals surface area contributed by atoms with E-state index in [2.05, 4.69) is 0 Å². The maximum absolute atomic E-state index is 13.1. The molecule has 1 aliphatic rings. The third-order valence-corrected chi connectivity index (χ3v) is 5.41. The third-order valence-electron chi connectivity index (χ3n) is 4.07. The van der Waals surface area contributed by atoms with E-state index in [4.69, 9.17) is 11.6 Å². The zero-order valence-electron chi connectivity index (χ0n) is 15.0. The Bertz CT molecular complexity index is 870. The number of imide groups is 1. The summed E-state index contributed by atoms with van der Waals surface area (Å²) in [5.74, 6) is -0.462. The average Bonchev–Trinajstić information content (AvgIpc) is 2.82. The van der Waals surface area contributed by atoms with Crippen LogP contribution in [0.15, 0.2) is 53.4 Å². The molecule has 0 aromatic heterocycles. The lowest BCUT2D eigenvalue weighted by molar-refractivity contribution is -0.137. The fraction of sp³-hybridized carbons (Fsp3) is 0.238. The van der Waals surface area contributed by atoms with Gasteiger partial charge in [-0.3, -0.25) is 14.5 Å². The Hall–Kier alpha value is -2.04. The Labute approximate surface area is 163 Å². The van der Waals surface area contributed by atoms with Gasteiger partial charge in [-0.25, -0.2) is 0 Å². The molecule has 0 saturated heterocycles. The largest absolute Gasteiger partial charge is 0.269 e. The van der Waals surface area contributed by atoms with Crippen molar-refractivity contribution in [1.29, 1.82) is 0 Å². The summed E-state index contributed by atoms with van der Waals surface area (Å²) in [4.78, 5) is 27.9. The highest BCUT2D eigenvalue weighted by molar-refractivity contribution is 8.04. The van der Waals surface area contributed by atoms with Crippen molar-refractivity contribution < 1.29 is 9.59 Å². The van der Waals surface area contributed by atoms with Gasteiger partial charge in [0, 0.05) is 10.3 Å². The Morgan fingerprint density at radius 2 is 1.58 bits per heavy atom. The first kappa shape index (κ1) is 18.7. The first-order chi connectivity index (χ1) is 12.4. The third kappa shape index (κ3) is 3.87. The first-order valence-electron chi connectivity index (χ1n) is 8.45. The minimum absolute atomic E-state index is 0.206. The summed E-state index contributed by atoms with van der Waals surface area (Å²) in [6, 6.07) is 14.9. The Balaban J connectivity index is 1.97. The van der Waals surface area contributed by atoms with Crippen molar-refractivity contribution in [3.63, 3.8) is 0 Å². The number of carbonyl (C=O) groups excluding carboxylic acids is 2. The monoisotopic (exact) mass is 385 g/mol. The summed E-state index contributed by atoms with van der Waals surface area (Å²) in [5.41, 5.74) is 3.27. The number of amides is 2. The molecule has 0 spiro atoms. The molecule has 0 atom stereocenters. The number of nitrogens with zero attached hydrogens (tertiary/aromatic N) is 1. The smallest absolute Gasteiger partial charge is 0.268 e. The number of hydrogen-bond donors (Lipinski definition) is 0. The molecule has 0 N–H and O–H groups in total. The average molecular weight is 386 g/mol. The first-order valence-corrected chi connectivity index (χ1v) is 9.71. The fourth-order valence-corrected chi connectivity index (χ4v) is 3.92. The maximum atomic E-state index is 13.1. The van der Waals surface area contributed by atoms with Crippen molar-refractivity contribution in [2.45, 2.75) is 32.6 Å². The molecule has 0 aliphatic carbocycles. The van der Waals surface area contributed by atoms with Crippen LogP contribution < -0.4 is 0 Å². The number of halogens is 1. The van der Waals surface area contributed by atoms with E-state index in [1.807, 2.05) is 57.2 Å². The van der Waals surface area contributed by atoms with E-state index in [1.165, 1.54) is 16.7 Å². The van der Waals surface area contributed by atoms with Crippen molar-refractivity contribution in [2.75, 3.05) is 0 Å². The predicted octanol–water partition coefficient (Wildman–Crippen LogP) is 5.07. The van der Waals surface area contributed by atoms with Gasteiger partial charge in [-0.15, -0.1) is 11.8 Å². The molecule has 3 nitrogen and oxygen atoms in total. The summed E-state index contributed by atoms with van der Waals surface area (Å²) < 4.78 is 0. The minimum Gasteiger partial charge on any atom is -0.269 e. The van der Waals surface area contributed by atoms with Crippen molar-refractivity contribution in [2.24, 2.45) is 0 Å². The minimum atomic E-state index is -0.239. The van der Waals surface area contributed by atoms with E-state index in [0.29, 0.717) is 15.5 Å². The van der Waals surface area contributed by atoms with E-state index < -0.39 is 0 Å². The molecular weight excluding hydrogens is 366 g/mol. The number of hydrogen-bond acceptors (Lipinski definition) is 3. The van der Waals surface area contributed by atoms with Crippen LogP contribution in [0.1, 0.15) is 30.5 Å². The van der Waals surface area contributed by atoms with Crippen LogP contribution >= 0.6 is 23.4 Å². The van der Waals surface area contributed by atoms with Crippen LogP contribution in [0.4, 0.5) is 0 Å². The second-order valence-corrected chi connectivity index (χ2v) is 8.58. The Morgan fingerprint density at radius 1 is 0.962 bits per heavy atom. The van der Waals surface area contributed by atoms with E-state index in [1.54, 1.807) is 12.1 Å². The van der Waals surface area contributed by atoms with Gasteiger partial charge in [0.15, 0.2) is 0 Å². The van der Waals surface area contributed by atoms with Gasteiger partial charge < -0.3 is 0 Å². The second kappa shape index (κ2) is 7.68. The molecule has 0 radical (unpaired) electrons. The molecule has 3 rings (SSSR count). The molecule has 2 amide bonds. The Morgan fingerprint density at radius 3 is 2.15 bits per heavy atom. The van der Waals surface area contributed by atoms with Crippen LogP contribution in [0, 0.1) is 6.92 Å². The van der Waals surface area contributed by atoms with Gasteiger partial charge >= 0.3 is 0 Å². The fourth-order valence-electron chi connectivity index (χ4n) is 2.79. The number of benzene rings is 2. The zero-order valence-corrected chi connectivity index (χ0v) is 16.5. The molecule has 1 aliphatic heterocycles. The molecule has 1 heterocycles. The number of thioether (sulfide) groups is 1. The van der Waals surface area contributed by atoms with E-state index in [-0.39, 0.29) is 23.6 Å². The van der Waals surface area contributed by atoms with Gasteiger partial charge in [0.25, 0.3) is 11.8 Å². The normalized spacial score (nSPS) is 14.7. The summed E-state index contributed by atoms with van der Waals surface area (Å²) in [6.07, 6.45) is 0. The Kier molecular flexibility index (Phi) is 5.54. The van der Waals surface area contributed by atoms with Crippen LogP contribution in [-0.2, 0) is 16.1 Å². The highest BCUT2D eigenvalue weighted by Crippen LogP contribution is 2.38. The highest BCUT2D eigenvalue weighted by Gasteiger charge is 2.39. The number of carbonyl (C=O) groups is 2. The summed E-state index contributed by atoms with van der Waals surface area (Å²) in [7, 11) is 0. The lowest BCUT2D eigenvalue weighted by atomic mass is 10.0. The van der Waals surface area contributed by atoms with Gasteiger partial charge in [0.05, 0.1) is 17.0 Å². The molecule has 0 unspecified atom stereocenters. The van der Waals surface area contributed by atoms with E-state index in [0.717, 1.165) is 16.7 Å². The molecule has 26 heavy (non-hydrogen) atoms. The number of rotatable bonds is 5. The highest BCUT2D eigenvalue weighted by atomic mass is 35.5. The molecule has 2 aromatic carbocycles. The van der Waals surface area contributed by atoms with Crippen molar-refractivity contribution in [3.8, 4) is 0 Å². The molecule has 0 bridgehead atoms. The van der Waals surface area contributed by atoms with Crippen LogP contribution in [0.3, 0.4) is 0 Å². The molecule has 5 heteroatoms. The summed E-state index contributed by atoms with van der Waals surface area (Å²) in [5, 5.41) is 0.833. The predicted molar refractivity (Wildman–Crippen MR) is 108 cm³/mol. The van der Waals surface area contributed by atoms with Crippen LogP contribution in [-0.4, -0.2) is 22.0 Å². The maximum Gasteiger partial charge on any atom is 0.268 e. The SMILES string of the molecule is Cc1ccc(C2=C(SC(C)C)C(=O)N(Cc3ccc(Cl)cc3)C2=O)cc1.